The van der Waals surface area contributed by atoms with Gasteiger partial charge in [-0.15, -0.1) is 0 Å². The van der Waals surface area contributed by atoms with Crippen LogP contribution >= 0.6 is 0 Å². The summed E-state index contributed by atoms with van der Waals surface area (Å²) in [7, 11) is 2.26. The summed E-state index contributed by atoms with van der Waals surface area (Å²) in [5, 5.41) is 0. The van der Waals surface area contributed by atoms with E-state index in [4.69, 9.17) is 5.73 Å². The maximum Gasteiger partial charge on any atom is 0.0396 e. The summed E-state index contributed by atoms with van der Waals surface area (Å²) in [5.74, 6) is 0.911. The molecular weight excluding hydrogens is 244 g/mol. The predicted octanol–water partition coefficient (Wildman–Crippen LogP) is 3.90. The molecule has 2 heteroatoms. The SMILES string of the molecule is Cc1cc(CC(C)N)ccc1N(C)C1CCC(C)CC1. The van der Waals surface area contributed by atoms with Gasteiger partial charge in [0.1, 0.15) is 0 Å². The highest BCUT2D eigenvalue weighted by molar-refractivity contribution is 5.54. The molecule has 1 aliphatic carbocycles. The average Bonchev–Trinajstić information content (AvgIpc) is 2.38. The summed E-state index contributed by atoms with van der Waals surface area (Å²) in [5.41, 5.74) is 10.0. The van der Waals surface area contributed by atoms with E-state index in [-0.39, 0.29) is 6.04 Å². The van der Waals surface area contributed by atoms with Crippen molar-refractivity contribution in [3.05, 3.63) is 29.3 Å². The van der Waals surface area contributed by atoms with Crippen molar-refractivity contribution in [2.75, 3.05) is 11.9 Å². The van der Waals surface area contributed by atoms with Crippen LogP contribution in [-0.4, -0.2) is 19.1 Å². The monoisotopic (exact) mass is 274 g/mol. The van der Waals surface area contributed by atoms with E-state index in [9.17, 15) is 0 Å². The summed E-state index contributed by atoms with van der Waals surface area (Å²) in [6.45, 7) is 6.67. The van der Waals surface area contributed by atoms with Crippen LogP contribution in [0.2, 0.25) is 0 Å². The minimum atomic E-state index is 0.234. The lowest BCUT2D eigenvalue weighted by Crippen LogP contribution is -2.35. The van der Waals surface area contributed by atoms with E-state index in [0.717, 1.165) is 12.3 Å². The Morgan fingerprint density at radius 3 is 2.45 bits per heavy atom. The zero-order valence-electron chi connectivity index (χ0n) is 13.5. The van der Waals surface area contributed by atoms with Gasteiger partial charge in [-0.1, -0.05) is 19.1 Å². The molecule has 0 aliphatic heterocycles. The van der Waals surface area contributed by atoms with Crippen molar-refractivity contribution in [2.45, 2.75) is 65.0 Å². The molecule has 2 N–H and O–H groups in total. The summed E-state index contributed by atoms with van der Waals surface area (Å²) in [6.07, 6.45) is 6.37. The lowest BCUT2D eigenvalue weighted by molar-refractivity contribution is 0.340. The lowest BCUT2D eigenvalue weighted by Gasteiger charge is -2.36. The van der Waals surface area contributed by atoms with E-state index >= 15 is 0 Å². The number of nitrogens with zero attached hydrogens (tertiary/aromatic N) is 1. The van der Waals surface area contributed by atoms with Crippen LogP contribution in [0, 0.1) is 12.8 Å². The molecule has 1 aromatic rings. The Labute approximate surface area is 124 Å². The molecule has 1 unspecified atom stereocenters. The van der Waals surface area contributed by atoms with Gasteiger partial charge >= 0.3 is 0 Å². The first-order valence-corrected chi connectivity index (χ1v) is 8.05. The predicted molar refractivity (Wildman–Crippen MR) is 88.4 cm³/mol. The molecule has 2 rings (SSSR count). The maximum absolute atomic E-state index is 5.89. The summed E-state index contributed by atoms with van der Waals surface area (Å²) < 4.78 is 0. The minimum absolute atomic E-state index is 0.234. The van der Waals surface area contributed by atoms with Gasteiger partial charge in [0.2, 0.25) is 0 Å². The van der Waals surface area contributed by atoms with Crippen LogP contribution in [0.1, 0.15) is 50.7 Å². The smallest absolute Gasteiger partial charge is 0.0396 e. The van der Waals surface area contributed by atoms with Crippen LogP contribution in [0.15, 0.2) is 18.2 Å². The van der Waals surface area contributed by atoms with Gasteiger partial charge in [0, 0.05) is 24.8 Å². The van der Waals surface area contributed by atoms with Crippen molar-refractivity contribution < 1.29 is 0 Å². The van der Waals surface area contributed by atoms with Gasteiger partial charge in [-0.25, -0.2) is 0 Å². The van der Waals surface area contributed by atoms with Gasteiger partial charge in [0.05, 0.1) is 0 Å². The highest BCUT2D eigenvalue weighted by Gasteiger charge is 2.22. The normalized spacial score (nSPS) is 24.4. The molecule has 0 amide bonds. The Hall–Kier alpha value is -1.02. The topological polar surface area (TPSA) is 29.3 Å². The van der Waals surface area contributed by atoms with Gasteiger partial charge in [0.25, 0.3) is 0 Å². The van der Waals surface area contributed by atoms with Crippen LogP contribution in [0.25, 0.3) is 0 Å². The highest BCUT2D eigenvalue weighted by atomic mass is 15.1. The van der Waals surface area contributed by atoms with Crippen LogP contribution in [0.3, 0.4) is 0 Å². The van der Waals surface area contributed by atoms with Gasteiger partial charge in [-0.2, -0.15) is 0 Å². The summed E-state index contributed by atoms with van der Waals surface area (Å²) >= 11 is 0. The van der Waals surface area contributed by atoms with E-state index in [1.807, 2.05) is 0 Å². The Kier molecular flexibility index (Phi) is 5.09. The molecule has 0 saturated heterocycles. The Bertz CT molecular complexity index is 431. The van der Waals surface area contributed by atoms with Crippen molar-refractivity contribution in [1.82, 2.24) is 0 Å². The molecule has 0 aromatic heterocycles. The first kappa shape index (κ1) is 15.4. The fraction of sp³-hybridized carbons (Fsp3) is 0.667. The second-order valence-corrected chi connectivity index (χ2v) is 6.83. The number of benzene rings is 1. The molecule has 20 heavy (non-hydrogen) atoms. The number of hydrogen-bond donors (Lipinski definition) is 1. The lowest BCUT2D eigenvalue weighted by atomic mass is 9.86. The molecule has 1 saturated carbocycles. The molecule has 1 atom stereocenters. The van der Waals surface area contributed by atoms with Crippen molar-refractivity contribution >= 4 is 5.69 Å². The molecule has 0 spiro atoms. The third-order valence-electron chi connectivity index (χ3n) is 4.73. The van der Waals surface area contributed by atoms with E-state index in [2.05, 4.69) is 50.9 Å². The average molecular weight is 274 g/mol. The number of aryl methyl sites for hydroxylation is 1. The number of anilines is 1. The largest absolute Gasteiger partial charge is 0.371 e. The van der Waals surface area contributed by atoms with Crippen molar-refractivity contribution in [1.29, 1.82) is 0 Å². The maximum atomic E-state index is 5.89. The van der Waals surface area contributed by atoms with Crippen molar-refractivity contribution in [2.24, 2.45) is 11.7 Å². The minimum Gasteiger partial charge on any atom is -0.371 e. The molecule has 1 fully saturated rings. The fourth-order valence-electron chi connectivity index (χ4n) is 3.44. The van der Waals surface area contributed by atoms with Gasteiger partial charge in [-0.3, -0.25) is 0 Å². The second-order valence-electron chi connectivity index (χ2n) is 6.83. The molecule has 1 aromatic carbocycles. The number of nitrogens with two attached hydrogens (primary N) is 1. The van der Waals surface area contributed by atoms with E-state index in [0.29, 0.717) is 6.04 Å². The first-order chi connectivity index (χ1) is 9.47. The van der Waals surface area contributed by atoms with Crippen LogP contribution in [0.5, 0.6) is 0 Å². The number of hydrogen-bond acceptors (Lipinski definition) is 2. The van der Waals surface area contributed by atoms with E-state index in [1.165, 1.54) is 42.5 Å². The molecule has 0 radical (unpaired) electrons. The standard InChI is InChI=1S/C18H30N2/c1-13-5-8-17(9-6-13)20(4)18-10-7-16(11-14(18)2)12-15(3)19/h7,10-11,13,15,17H,5-6,8-9,12,19H2,1-4H3. The Morgan fingerprint density at radius 2 is 1.90 bits per heavy atom. The molecule has 2 nitrogen and oxygen atoms in total. The van der Waals surface area contributed by atoms with E-state index in [1.54, 1.807) is 0 Å². The van der Waals surface area contributed by atoms with Gasteiger partial charge < -0.3 is 10.6 Å². The van der Waals surface area contributed by atoms with Crippen molar-refractivity contribution in [3.8, 4) is 0 Å². The zero-order valence-corrected chi connectivity index (χ0v) is 13.5. The third-order valence-corrected chi connectivity index (χ3v) is 4.73. The molecular formula is C18H30N2. The fourth-order valence-corrected chi connectivity index (χ4v) is 3.44. The van der Waals surface area contributed by atoms with Gasteiger partial charge in [-0.05, 0) is 69.1 Å². The summed E-state index contributed by atoms with van der Waals surface area (Å²) in [6, 6.07) is 7.78. The van der Waals surface area contributed by atoms with Crippen LogP contribution in [0.4, 0.5) is 5.69 Å². The van der Waals surface area contributed by atoms with E-state index < -0.39 is 0 Å². The second kappa shape index (κ2) is 6.62. The van der Waals surface area contributed by atoms with Crippen LogP contribution < -0.4 is 10.6 Å². The highest BCUT2D eigenvalue weighted by Crippen LogP contribution is 2.31. The van der Waals surface area contributed by atoms with Crippen molar-refractivity contribution in [3.63, 3.8) is 0 Å². The Balaban J connectivity index is 2.08. The molecule has 112 valence electrons. The van der Waals surface area contributed by atoms with Gasteiger partial charge in [0.15, 0.2) is 0 Å². The van der Waals surface area contributed by atoms with Crippen LogP contribution in [-0.2, 0) is 6.42 Å². The quantitative estimate of drug-likeness (QED) is 0.902. The third kappa shape index (κ3) is 3.76. The zero-order chi connectivity index (χ0) is 14.7. The Morgan fingerprint density at radius 1 is 1.25 bits per heavy atom. The molecule has 0 bridgehead atoms. The molecule has 1 aliphatic rings. The molecule has 0 heterocycles. The first-order valence-electron chi connectivity index (χ1n) is 8.05. The number of rotatable bonds is 4. The summed E-state index contributed by atoms with van der Waals surface area (Å²) in [4.78, 5) is 2.50.